The first-order chi connectivity index (χ1) is 16.2. The number of fused-ring (bicyclic) bond motifs is 1. The van der Waals surface area contributed by atoms with Gasteiger partial charge in [0.2, 0.25) is 0 Å². The second-order valence-electron chi connectivity index (χ2n) is 7.77. The van der Waals surface area contributed by atoms with Crippen molar-refractivity contribution in [2.75, 3.05) is 25.0 Å². The van der Waals surface area contributed by atoms with Crippen molar-refractivity contribution in [3.05, 3.63) is 90.8 Å². The van der Waals surface area contributed by atoms with Crippen molar-refractivity contribution in [3.63, 3.8) is 0 Å². The summed E-state index contributed by atoms with van der Waals surface area (Å²) in [5, 5.41) is 2.87. The largest absolute Gasteiger partial charge is 0.365 e. The summed E-state index contributed by atoms with van der Waals surface area (Å²) in [5.74, 6) is -0.413. The van der Waals surface area contributed by atoms with Crippen LogP contribution < -0.4 is 5.32 Å². The molecule has 1 aromatic heterocycles. The normalized spacial score (nSPS) is 15.9. The molecule has 0 unspecified atom stereocenters. The molecule has 164 valence electrons. The molecule has 1 atom stereocenters. The quantitative estimate of drug-likeness (QED) is 0.524. The van der Waals surface area contributed by atoms with Crippen molar-refractivity contribution >= 4 is 28.5 Å². The topological polar surface area (TPSA) is 84.4 Å². The molecular weight excluding hydrogens is 416 g/mol. The Balaban J connectivity index is 1.31. The SMILES string of the molecule is O=C(Nc1ccc2nccnc2c1)[C@@H]1CN(C(=O)c2ccccc2-c2ccccc2)CCO1. The van der Waals surface area contributed by atoms with Gasteiger partial charge in [0.25, 0.3) is 11.8 Å². The van der Waals surface area contributed by atoms with Crippen LogP contribution in [0.5, 0.6) is 0 Å². The lowest BCUT2D eigenvalue weighted by Gasteiger charge is -2.32. The fourth-order valence-corrected chi connectivity index (χ4v) is 3.97. The van der Waals surface area contributed by atoms with Crippen molar-refractivity contribution in [1.82, 2.24) is 14.9 Å². The molecule has 1 N–H and O–H groups in total. The second kappa shape index (κ2) is 9.18. The van der Waals surface area contributed by atoms with Gasteiger partial charge in [-0.15, -0.1) is 0 Å². The molecule has 0 spiro atoms. The molecule has 2 amide bonds. The van der Waals surface area contributed by atoms with Crippen molar-refractivity contribution in [3.8, 4) is 11.1 Å². The number of benzene rings is 3. The Labute approximate surface area is 191 Å². The number of morpholine rings is 1. The predicted molar refractivity (Wildman–Crippen MR) is 126 cm³/mol. The third-order valence-electron chi connectivity index (χ3n) is 5.63. The van der Waals surface area contributed by atoms with E-state index in [-0.39, 0.29) is 18.4 Å². The fourth-order valence-electron chi connectivity index (χ4n) is 3.97. The first-order valence-electron chi connectivity index (χ1n) is 10.8. The highest BCUT2D eigenvalue weighted by atomic mass is 16.5. The average Bonchev–Trinajstić information content (AvgIpc) is 2.89. The van der Waals surface area contributed by atoms with Gasteiger partial charge in [-0.05, 0) is 35.4 Å². The van der Waals surface area contributed by atoms with E-state index in [1.165, 1.54) is 0 Å². The van der Waals surface area contributed by atoms with E-state index in [0.717, 1.165) is 16.6 Å². The Hall–Kier alpha value is -4.10. The first-order valence-corrected chi connectivity index (χ1v) is 10.8. The highest BCUT2D eigenvalue weighted by molar-refractivity contribution is 6.02. The molecule has 1 fully saturated rings. The number of nitrogens with one attached hydrogen (secondary N) is 1. The lowest BCUT2D eigenvalue weighted by molar-refractivity contribution is -0.131. The predicted octanol–water partition coefficient (Wildman–Crippen LogP) is 3.78. The number of anilines is 1. The molecule has 5 rings (SSSR count). The minimum atomic E-state index is -0.760. The Morgan fingerprint density at radius 1 is 0.909 bits per heavy atom. The molecule has 1 aliphatic rings. The summed E-state index contributed by atoms with van der Waals surface area (Å²) in [6, 6.07) is 22.7. The summed E-state index contributed by atoms with van der Waals surface area (Å²) in [6.45, 7) is 0.902. The van der Waals surface area contributed by atoms with Crippen LogP contribution in [-0.4, -0.2) is 52.5 Å². The molecule has 0 saturated carbocycles. The van der Waals surface area contributed by atoms with E-state index < -0.39 is 6.10 Å². The van der Waals surface area contributed by atoms with Gasteiger partial charge in [-0.3, -0.25) is 19.6 Å². The number of rotatable bonds is 4. The molecule has 3 aromatic carbocycles. The fraction of sp³-hybridized carbons (Fsp3) is 0.154. The standard InChI is InChI=1S/C26H22N4O3/c31-25(29-19-10-11-22-23(16-19)28-13-12-27-22)24-17-30(14-15-33-24)26(32)21-9-5-4-8-20(21)18-6-2-1-3-7-18/h1-13,16,24H,14-15,17H2,(H,29,31)/t24-/m0/s1. The highest BCUT2D eigenvalue weighted by Crippen LogP contribution is 2.25. The molecule has 1 saturated heterocycles. The minimum absolute atomic E-state index is 0.114. The molecule has 0 bridgehead atoms. The molecule has 33 heavy (non-hydrogen) atoms. The number of hydrogen-bond acceptors (Lipinski definition) is 5. The van der Waals surface area contributed by atoms with Crippen LogP contribution in [0.2, 0.25) is 0 Å². The summed E-state index contributed by atoms with van der Waals surface area (Å²) in [5.41, 5.74) is 4.50. The van der Waals surface area contributed by atoms with Crippen LogP contribution in [0.3, 0.4) is 0 Å². The average molecular weight is 438 g/mol. The van der Waals surface area contributed by atoms with E-state index in [0.29, 0.717) is 29.9 Å². The maximum atomic E-state index is 13.4. The zero-order valence-electron chi connectivity index (χ0n) is 17.8. The van der Waals surface area contributed by atoms with Gasteiger partial charge in [-0.2, -0.15) is 0 Å². The monoisotopic (exact) mass is 438 g/mol. The van der Waals surface area contributed by atoms with Gasteiger partial charge in [-0.1, -0.05) is 48.5 Å². The molecule has 4 aromatic rings. The number of nitrogens with zero attached hydrogens (tertiary/aromatic N) is 3. The molecule has 0 radical (unpaired) electrons. The van der Waals surface area contributed by atoms with Gasteiger partial charge in [0, 0.05) is 30.2 Å². The molecule has 7 nitrogen and oxygen atoms in total. The van der Waals surface area contributed by atoms with E-state index in [4.69, 9.17) is 4.74 Å². The van der Waals surface area contributed by atoms with E-state index in [1.54, 1.807) is 35.5 Å². The summed E-state index contributed by atoms with van der Waals surface area (Å²) >= 11 is 0. The van der Waals surface area contributed by atoms with Crippen LogP contribution in [0.4, 0.5) is 5.69 Å². The van der Waals surface area contributed by atoms with Crippen molar-refractivity contribution in [2.45, 2.75) is 6.10 Å². The molecule has 7 heteroatoms. The first kappa shape index (κ1) is 20.8. The van der Waals surface area contributed by atoms with E-state index >= 15 is 0 Å². The highest BCUT2D eigenvalue weighted by Gasteiger charge is 2.30. The molecule has 0 aliphatic carbocycles. The second-order valence-corrected chi connectivity index (χ2v) is 7.77. The number of carbonyl (C=O) groups is 2. The summed E-state index contributed by atoms with van der Waals surface area (Å²) in [4.78, 5) is 36.5. The number of carbonyl (C=O) groups excluding carboxylic acids is 2. The third kappa shape index (κ3) is 4.44. The number of ether oxygens (including phenoxy) is 1. The van der Waals surface area contributed by atoms with Gasteiger partial charge >= 0.3 is 0 Å². The van der Waals surface area contributed by atoms with Gasteiger partial charge in [0.1, 0.15) is 0 Å². The zero-order chi connectivity index (χ0) is 22.6. The number of aromatic nitrogens is 2. The van der Waals surface area contributed by atoms with Gasteiger partial charge in [-0.25, -0.2) is 0 Å². The molecule has 1 aliphatic heterocycles. The van der Waals surface area contributed by atoms with E-state index in [1.807, 2.05) is 54.6 Å². The third-order valence-corrected chi connectivity index (χ3v) is 5.63. The summed E-state index contributed by atoms with van der Waals surface area (Å²) in [6.07, 6.45) is 2.47. The van der Waals surface area contributed by atoms with Crippen LogP contribution in [-0.2, 0) is 9.53 Å². The Kier molecular flexibility index (Phi) is 5.78. The Morgan fingerprint density at radius 2 is 1.67 bits per heavy atom. The van der Waals surface area contributed by atoms with Crippen LogP contribution in [0, 0.1) is 0 Å². The van der Waals surface area contributed by atoms with Crippen LogP contribution in [0.15, 0.2) is 85.2 Å². The Morgan fingerprint density at radius 3 is 2.52 bits per heavy atom. The smallest absolute Gasteiger partial charge is 0.255 e. The minimum Gasteiger partial charge on any atom is -0.365 e. The van der Waals surface area contributed by atoms with E-state index in [2.05, 4.69) is 15.3 Å². The van der Waals surface area contributed by atoms with Crippen molar-refractivity contribution < 1.29 is 14.3 Å². The molecule has 2 heterocycles. The number of amides is 2. The maximum absolute atomic E-state index is 13.4. The zero-order valence-corrected chi connectivity index (χ0v) is 17.8. The van der Waals surface area contributed by atoms with Crippen molar-refractivity contribution in [1.29, 1.82) is 0 Å². The number of hydrogen-bond donors (Lipinski definition) is 1. The molecular formula is C26H22N4O3. The lowest BCUT2D eigenvalue weighted by atomic mass is 9.98. The van der Waals surface area contributed by atoms with Gasteiger partial charge in [0.15, 0.2) is 6.10 Å². The van der Waals surface area contributed by atoms with Crippen LogP contribution >= 0.6 is 0 Å². The van der Waals surface area contributed by atoms with Gasteiger partial charge < -0.3 is 15.0 Å². The maximum Gasteiger partial charge on any atom is 0.255 e. The van der Waals surface area contributed by atoms with E-state index in [9.17, 15) is 9.59 Å². The van der Waals surface area contributed by atoms with Crippen LogP contribution in [0.1, 0.15) is 10.4 Å². The van der Waals surface area contributed by atoms with Crippen molar-refractivity contribution in [2.24, 2.45) is 0 Å². The summed E-state index contributed by atoms with van der Waals surface area (Å²) < 4.78 is 5.70. The Bertz CT molecular complexity index is 1310. The van der Waals surface area contributed by atoms with Crippen LogP contribution in [0.25, 0.3) is 22.2 Å². The lowest BCUT2D eigenvalue weighted by Crippen LogP contribution is -2.50. The van der Waals surface area contributed by atoms with Gasteiger partial charge in [0.05, 0.1) is 24.2 Å². The summed E-state index contributed by atoms with van der Waals surface area (Å²) in [7, 11) is 0.